The molecule has 0 saturated heterocycles. The molecule has 1 aromatic heterocycles. The second kappa shape index (κ2) is 5.26. The summed E-state index contributed by atoms with van der Waals surface area (Å²) in [6.07, 6.45) is 4.74. The Morgan fingerprint density at radius 1 is 1.71 bits per heavy atom. The summed E-state index contributed by atoms with van der Waals surface area (Å²) in [4.78, 5) is 15.2. The maximum absolute atomic E-state index is 10.7. The summed E-state index contributed by atoms with van der Waals surface area (Å²) in [6, 6.07) is 0. The summed E-state index contributed by atoms with van der Waals surface area (Å²) >= 11 is 4.51. The molecule has 76 valence electrons. The number of hydrogen-bond acceptors (Lipinski definition) is 3. The van der Waals surface area contributed by atoms with Crippen LogP contribution in [0.2, 0.25) is 0 Å². The van der Waals surface area contributed by atoms with Crippen LogP contribution < -0.4 is 0 Å². The third kappa shape index (κ3) is 2.92. The molecular formula is C9H10BrNO2S. The van der Waals surface area contributed by atoms with Crippen molar-refractivity contribution in [2.75, 3.05) is 5.33 Å². The first kappa shape index (κ1) is 11.4. The van der Waals surface area contributed by atoms with Gasteiger partial charge in [0.1, 0.15) is 9.88 Å². The fourth-order valence-electron chi connectivity index (χ4n) is 0.934. The van der Waals surface area contributed by atoms with Gasteiger partial charge >= 0.3 is 5.97 Å². The average molecular weight is 276 g/mol. The monoisotopic (exact) mass is 275 g/mol. The molecule has 0 aliphatic carbocycles. The van der Waals surface area contributed by atoms with Gasteiger partial charge in [0.25, 0.3) is 0 Å². The SMILES string of the molecule is Cc1nc(C=CCCBr)sc1C(=O)O. The third-order valence-corrected chi connectivity index (χ3v) is 3.11. The molecule has 1 rings (SSSR count). The van der Waals surface area contributed by atoms with Gasteiger partial charge in [0, 0.05) is 5.33 Å². The fraction of sp³-hybridized carbons (Fsp3) is 0.333. The van der Waals surface area contributed by atoms with Gasteiger partial charge < -0.3 is 5.11 Å². The van der Waals surface area contributed by atoms with Gasteiger partial charge in [-0.25, -0.2) is 9.78 Å². The molecule has 0 bridgehead atoms. The number of carboxylic acids is 1. The Bertz CT molecular complexity index is 360. The van der Waals surface area contributed by atoms with E-state index in [0.29, 0.717) is 10.6 Å². The van der Waals surface area contributed by atoms with Crippen molar-refractivity contribution in [3.8, 4) is 0 Å². The van der Waals surface area contributed by atoms with Crippen molar-refractivity contribution in [2.24, 2.45) is 0 Å². The van der Waals surface area contributed by atoms with Crippen molar-refractivity contribution in [1.29, 1.82) is 0 Å². The lowest BCUT2D eigenvalue weighted by molar-refractivity contribution is 0.0701. The second-order valence-corrected chi connectivity index (χ2v) is 4.48. The summed E-state index contributed by atoms with van der Waals surface area (Å²) in [7, 11) is 0. The van der Waals surface area contributed by atoms with Gasteiger partial charge in [0.2, 0.25) is 0 Å². The van der Waals surface area contributed by atoms with Crippen LogP contribution in [0.15, 0.2) is 6.08 Å². The van der Waals surface area contributed by atoms with Crippen LogP contribution in [-0.4, -0.2) is 21.4 Å². The highest BCUT2D eigenvalue weighted by molar-refractivity contribution is 9.09. The number of rotatable bonds is 4. The Labute approximate surface area is 94.6 Å². The number of halogens is 1. The summed E-state index contributed by atoms with van der Waals surface area (Å²) in [5.74, 6) is -0.903. The molecular weight excluding hydrogens is 266 g/mol. The lowest BCUT2D eigenvalue weighted by Crippen LogP contribution is -1.94. The van der Waals surface area contributed by atoms with Crippen molar-refractivity contribution in [3.05, 3.63) is 21.7 Å². The van der Waals surface area contributed by atoms with E-state index in [1.807, 2.05) is 12.2 Å². The van der Waals surface area contributed by atoms with E-state index >= 15 is 0 Å². The van der Waals surface area contributed by atoms with E-state index in [1.165, 1.54) is 11.3 Å². The zero-order valence-electron chi connectivity index (χ0n) is 7.66. The average Bonchev–Trinajstić information content (AvgIpc) is 2.47. The molecule has 0 aliphatic rings. The Hall–Kier alpha value is -0.680. The van der Waals surface area contributed by atoms with E-state index in [-0.39, 0.29) is 0 Å². The normalized spacial score (nSPS) is 11.0. The zero-order valence-corrected chi connectivity index (χ0v) is 10.1. The number of allylic oxidation sites excluding steroid dienone is 1. The van der Waals surface area contributed by atoms with Crippen LogP contribution in [0.5, 0.6) is 0 Å². The number of carboxylic acid groups (broad SMARTS) is 1. The molecule has 1 N–H and O–H groups in total. The molecule has 0 saturated carbocycles. The van der Waals surface area contributed by atoms with Crippen molar-refractivity contribution in [1.82, 2.24) is 4.98 Å². The molecule has 0 aromatic carbocycles. The fourth-order valence-corrected chi connectivity index (χ4v) is 2.04. The molecule has 1 aromatic rings. The van der Waals surface area contributed by atoms with Gasteiger partial charge in [0.05, 0.1) is 5.69 Å². The van der Waals surface area contributed by atoms with Crippen molar-refractivity contribution in [3.63, 3.8) is 0 Å². The number of hydrogen-bond donors (Lipinski definition) is 1. The number of thiazole rings is 1. The number of carbonyl (C=O) groups is 1. The zero-order chi connectivity index (χ0) is 10.6. The summed E-state index contributed by atoms with van der Waals surface area (Å²) in [5.41, 5.74) is 0.584. The van der Waals surface area contributed by atoms with E-state index in [9.17, 15) is 4.79 Å². The van der Waals surface area contributed by atoms with Gasteiger partial charge in [-0.1, -0.05) is 22.0 Å². The smallest absolute Gasteiger partial charge is 0.347 e. The van der Waals surface area contributed by atoms with Crippen LogP contribution in [0.3, 0.4) is 0 Å². The third-order valence-electron chi connectivity index (χ3n) is 1.54. The van der Waals surface area contributed by atoms with Crippen LogP contribution in [0, 0.1) is 6.92 Å². The predicted octanol–water partition coefficient (Wildman–Crippen LogP) is 2.95. The largest absolute Gasteiger partial charge is 0.477 e. The predicted molar refractivity (Wildman–Crippen MR) is 61.3 cm³/mol. The topological polar surface area (TPSA) is 50.2 Å². The first-order valence-electron chi connectivity index (χ1n) is 4.08. The van der Waals surface area contributed by atoms with E-state index < -0.39 is 5.97 Å². The highest BCUT2D eigenvalue weighted by Crippen LogP contribution is 2.19. The van der Waals surface area contributed by atoms with Gasteiger partial charge in [-0.15, -0.1) is 11.3 Å². The minimum atomic E-state index is -0.903. The highest BCUT2D eigenvalue weighted by Gasteiger charge is 2.11. The maximum atomic E-state index is 10.7. The molecule has 0 fully saturated rings. The molecule has 0 aliphatic heterocycles. The molecule has 0 unspecified atom stereocenters. The molecule has 0 spiro atoms. The molecule has 0 amide bonds. The summed E-state index contributed by atoms with van der Waals surface area (Å²) in [6.45, 7) is 1.71. The van der Waals surface area contributed by atoms with Crippen LogP contribution in [-0.2, 0) is 0 Å². The van der Waals surface area contributed by atoms with E-state index in [0.717, 1.165) is 16.8 Å². The van der Waals surface area contributed by atoms with Gasteiger partial charge in [0.15, 0.2) is 0 Å². The first-order chi connectivity index (χ1) is 6.65. The molecule has 3 nitrogen and oxygen atoms in total. The summed E-state index contributed by atoms with van der Waals surface area (Å²) < 4.78 is 0. The Morgan fingerprint density at radius 2 is 2.43 bits per heavy atom. The Kier molecular flexibility index (Phi) is 4.28. The van der Waals surface area contributed by atoms with E-state index in [1.54, 1.807) is 6.92 Å². The van der Waals surface area contributed by atoms with Crippen molar-refractivity contribution < 1.29 is 9.90 Å². The van der Waals surface area contributed by atoms with Crippen molar-refractivity contribution >= 4 is 39.3 Å². The maximum Gasteiger partial charge on any atom is 0.347 e. The van der Waals surface area contributed by atoms with Crippen LogP contribution in [0.4, 0.5) is 0 Å². The minimum absolute atomic E-state index is 0.323. The highest BCUT2D eigenvalue weighted by atomic mass is 79.9. The Balaban J connectivity index is 2.81. The molecule has 14 heavy (non-hydrogen) atoms. The second-order valence-electron chi connectivity index (χ2n) is 2.65. The molecule has 1 heterocycles. The minimum Gasteiger partial charge on any atom is -0.477 e. The lowest BCUT2D eigenvalue weighted by atomic mass is 10.4. The number of aromatic carboxylic acids is 1. The van der Waals surface area contributed by atoms with Crippen LogP contribution >= 0.6 is 27.3 Å². The lowest BCUT2D eigenvalue weighted by Gasteiger charge is -1.84. The first-order valence-corrected chi connectivity index (χ1v) is 6.02. The van der Waals surface area contributed by atoms with Gasteiger partial charge in [-0.05, 0) is 19.4 Å². The molecule has 0 atom stereocenters. The van der Waals surface area contributed by atoms with Crippen molar-refractivity contribution in [2.45, 2.75) is 13.3 Å². The number of aromatic nitrogens is 1. The molecule has 5 heteroatoms. The quantitative estimate of drug-likeness (QED) is 0.860. The van der Waals surface area contributed by atoms with Gasteiger partial charge in [-0.3, -0.25) is 0 Å². The van der Waals surface area contributed by atoms with E-state index in [2.05, 4.69) is 20.9 Å². The number of alkyl halides is 1. The number of aryl methyl sites for hydroxylation is 1. The van der Waals surface area contributed by atoms with E-state index in [4.69, 9.17) is 5.11 Å². The summed E-state index contributed by atoms with van der Waals surface area (Å²) in [5, 5.41) is 10.4. The standard InChI is InChI=1S/C9H10BrNO2S/c1-6-8(9(12)13)14-7(11-6)4-2-3-5-10/h2,4H,3,5H2,1H3,(H,12,13). The Morgan fingerprint density at radius 3 is 2.93 bits per heavy atom. The number of nitrogens with zero attached hydrogens (tertiary/aromatic N) is 1. The van der Waals surface area contributed by atoms with Crippen LogP contribution in [0.25, 0.3) is 6.08 Å². The molecule has 0 radical (unpaired) electrons. The van der Waals surface area contributed by atoms with Gasteiger partial charge in [-0.2, -0.15) is 0 Å². The van der Waals surface area contributed by atoms with Crippen LogP contribution in [0.1, 0.15) is 26.8 Å².